The highest BCUT2D eigenvalue weighted by Gasteiger charge is 2.33. The third kappa shape index (κ3) is 9.27. The summed E-state index contributed by atoms with van der Waals surface area (Å²) in [4.78, 5) is 40.1. The highest BCUT2D eigenvalue weighted by molar-refractivity contribution is 5.99. The molecule has 0 fully saturated rings. The van der Waals surface area contributed by atoms with Crippen LogP contribution in [0.4, 0.5) is 8.78 Å². The molecular formula is C31H44F2N4O5. The van der Waals surface area contributed by atoms with Gasteiger partial charge in [0.1, 0.15) is 23.9 Å². The van der Waals surface area contributed by atoms with Gasteiger partial charge in [0.2, 0.25) is 5.43 Å². The standard InChI is InChI=1S/C31H44F2N4O5/c1-3-4-5-6-7-8-9-10-11-12-17-42-18-13-16-36-22-35(2)37-21-25(28(38)29(39)27(37)31(36)41)30(40)34-20-23-14-15-24(32)19-26(23)33/h14-15,19,21,39H,3-13,16-18,20,22H2,1-2H3,(H,34,40). The second kappa shape index (κ2) is 16.8. The SMILES string of the molecule is CCCCCCCCCCCCOCCCN1CN(C)n2cc(C(=O)NCc3ccc(F)cc3F)c(=O)c(O)c2C1=O. The van der Waals surface area contributed by atoms with Crippen LogP contribution < -0.4 is 15.8 Å². The minimum absolute atomic E-state index is 0.0300. The van der Waals surface area contributed by atoms with Gasteiger partial charge in [-0.3, -0.25) is 24.1 Å². The topological polar surface area (TPSA) is 104 Å². The molecule has 2 aromatic rings. The molecule has 0 unspecified atom stereocenters. The highest BCUT2D eigenvalue weighted by Crippen LogP contribution is 2.21. The van der Waals surface area contributed by atoms with Crippen molar-refractivity contribution in [3.05, 3.63) is 63.1 Å². The van der Waals surface area contributed by atoms with Crippen molar-refractivity contribution in [2.75, 3.05) is 38.5 Å². The Kier molecular flexibility index (Phi) is 13.2. The summed E-state index contributed by atoms with van der Waals surface area (Å²) in [6, 6.07) is 2.94. The molecule has 0 aliphatic carbocycles. The predicted octanol–water partition coefficient (Wildman–Crippen LogP) is 5.07. The summed E-state index contributed by atoms with van der Waals surface area (Å²) in [6.07, 6.45) is 14.4. The monoisotopic (exact) mass is 590 g/mol. The van der Waals surface area contributed by atoms with Gasteiger partial charge < -0.3 is 20.1 Å². The lowest BCUT2D eigenvalue weighted by Gasteiger charge is -2.37. The van der Waals surface area contributed by atoms with E-state index in [0.717, 1.165) is 18.9 Å². The maximum absolute atomic E-state index is 13.9. The Hall–Kier alpha value is -3.47. The summed E-state index contributed by atoms with van der Waals surface area (Å²) in [7, 11) is 1.66. The van der Waals surface area contributed by atoms with Crippen LogP contribution in [0.3, 0.4) is 0 Å². The van der Waals surface area contributed by atoms with Crippen LogP contribution in [0, 0.1) is 11.6 Å². The lowest BCUT2D eigenvalue weighted by molar-refractivity contribution is 0.0654. The number of nitrogens with one attached hydrogen (secondary N) is 1. The fraction of sp³-hybridized carbons (Fsp3) is 0.581. The smallest absolute Gasteiger partial charge is 0.277 e. The van der Waals surface area contributed by atoms with E-state index in [4.69, 9.17) is 4.74 Å². The molecule has 232 valence electrons. The lowest BCUT2D eigenvalue weighted by Crippen LogP contribution is -2.53. The second-order valence-electron chi connectivity index (χ2n) is 10.8. The highest BCUT2D eigenvalue weighted by atomic mass is 19.1. The number of carbonyl (C=O) groups excluding carboxylic acids is 2. The summed E-state index contributed by atoms with van der Waals surface area (Å²) in [5.74, 6) is -3.82. The summed E-state index contributed by atoms with van der Waals surface area (Å²) >= 11 is 0. The van der Waals surface area contributed by atoms with Gasteiger partial charge in [-0.25, -0.2) is 8.78 Å². The average molecular weight is 591 g/mol. The third-order valence-corrected chi connectivity index (χ3v) is 7.46. The molecule has 9 nitrogen and oxygen atoms in total. The molecule has 1 aliphatic heterocycles. The van der Waals surface area contributed by atoms with Crippen LogP contribution in [0.15, 0.2) is 29.2 Å². The number of ether oxygens (including phenoxy) is 1. The number of nitrogens with zero attached hydrogens (tertiary/aromatic N) is 3. The summed E-state index contributed by atoms with van der Waals surface area (Å²) < 4.78 is 34.0. The van der Waals surface area contributed by atoms with Gasteiger partial charge in [-0.1, -0.05) is 70.8 Å². The Morgan fingerprint density at radius 2 is 1.62 bits per heavy atom. The fourth-order valence-corrected chi connectivity index (χ4v) is 5.01. The number of benzene rings is 1. The summed E-state index contributed by atoms with van der Waals surface area (Å²) in [5.41, 5.74) is -1.63. The molecule has 0 radical (unpaired) electrons. The third-order valence-electron chi connectivity index (χ3n) is 7.46. The maximum Gasteiger partial charge on any atom is 0.277 e. The normalized spacial score (nSPS) is 13.0. The van der Waals surface area contributed by atoms with E-state index in [1.807, 2.05) is 0 Å². The zero-order chi connectivity index (χ0) is 30.5. The Labute approximate surface area is 246 Å². The fourth-order valence-electron chi connectivity index (χ4n) is 5.01. The Balaban J connectivity index is 1.44. The molecule has 2 N–H and O–H groups in total. The van der Waals surface area contributed by atoms with E-state index < -0.39 is 40.2 Å². The molecule has 1 aliphatic rings. The number of pyridine rings is 1. The van der Waals surface area contributed by atoms with Gasteiger partial charge in [0.05, 0.1) is 0 Å². The first-order chi connectivity index (χ1) is 20.2. The van der Waals surface area contributed by atoms with Crippen molar-refractivity contribution >= 4 is 11.8 Å². The number of unbranched alkanes of at least 4 members (excludes halogenated alkanes) is 9. The van der Waals surface area contributed by atoms with Crippen LogP contribution in [0.25, 0.3) is 0 Å². The van der Waals surface area contributed by atoms with Crippen molar-refractivity contribution in [3.63, 3.8) is 0 Å². The molecule has 0 saturated heterocycles. The summed E-state index contributed by atoms with van der Waals surface area (Å²) in [5, 5.41) is 14.6. The minimum Gasteiger partial charge on any atom is -0.502 e. The van der Waals surface area contributed by atoms with E-state index >= 15 is 0 Å². The van der Waals surface area contributed by atoms with E-state index in [1.165, 1.54) is 73.2 Å². The number of amides is 2. The second-order valence-corrected chi connectivity index (χ2v) is 10.8. The number of aromatic hydroxyl groups is 1. The van der Waals surface area contributed by atoms with E-state index in [1.54, 1.807) is 12.1 Å². The number of rotatable bonds is 18. The summed E-state index contributed by atoms with van der Waals surface area (Å²) in [6.45, 7) is 3.67. The van der Waals surface area contributed by atoms with Crippen molar-refractivity contribution in [2.45, 2.75) is 84.1 Å². The van der Waals surface area contributed by atoms with Gasteiger partial charge in [-0.2, -0.15) is 0 Å². The van der Waals surface area contributed by atoms with Crippen LogP contribution in [0.5, 0.6) is 5.75 Å². The van der Waals surface area contributed by atoms with E-state index in [2.05, 4.69) is 12.2 Å². The predicted molar refractivity (Wildman–Crippen MR) is 157 cm³/mol. The molecule has 42 heavy (non-hydrogen) atoms. The minimum atomic E-state index is -1.01. The molecule has 1 aromatic carbocycles. The molecule has 0 atom stereocenters. The van der Waals surface area contributed by atoms with Crippen LogP contribution in [-0.4, -0.2) is 60.0 Å². The molecule has 2 heterocycles. The van der Waals surface area contributed by atoms with Crippen molar-refractivity contribution in [3.8, 4) is 5.75 Å². The van der Waals surface area contributed by atoms with Crippen LogP contribution in [0.2, 0.25) is 0 Å². The quantitative estimate of drug-likeness (QED) is 0.235. The number of fused-ring (bicyclic) bond motifs is 1. The van der Waals surface area contributed by atoms with Crippen molar-refractivity contribution in [1.82, 2.24) is 14.9 Å². The van der Waals surface area contributed by atoms with E-state index in [9.17, 15) is 28.3 Å². The largest absolute Gasteiger partial charge is 0.502 e. The maximum atomic E-state index is 13.9. The van der Waals surface area contributed by atoms with Gasteiger partial charge in [0.25, 0.3) is 11.8 Å². The van der Waals surface area contributed by atoms with Crippen molar-refractivity contribution in [1.29, 1.82) is 0 Å². The van der Waals surface area contributed by atoms with Crippen LogP contribution in [-0.2, 0) is 11.3 Å². The van der Waals surface area contributed by atoms with E-state index in [-0.39, 0.29) is 24.5 Å². The molecule has 0 saturated carbocycles. The van der Waals surface area contributed by atoms with Crippen LogP contribution >= 0.6 is 0 Å². The average Bonchev–Trinajstić information content (AvgIpc) is 2.96. The first-order valence-electron chi connectivity index (χ1n) is 15.0. The molecule has 3 rings (SSSR count). The van der Waals surface area contributed by atoms with Gasteiger partial charge in [0, 0.05) is 51.2 Å². The van der Waals surface area contributed by atoms with Gasteiger partial charge >= 0.3 is 0 Å². The number of carbonyl (C=O) groups is 2. The van der Waals surface area contributed by atoms with Gasteiger partial charge in [-0.05, 0) is 18.9 Å². The van der Waals surface area contributed by atoms with Crippen molar-refractivity contribution < 1.29 is 28.2 Å². The number of hydrogen-bond donors (Lipinski definition) is 2. The number of halogens is 2. The Bertz CT molecular complexity index is 1250. The first kappa shape index (κ1) is 33.0. The molecule has 2 amide bonds. The molecule has 0 bridgehead atoms. The number of aromatic nitrogens is 1. The van der Waals surface area contributed by atoms with Gasteiger partial charge in [-0.15, -0.1) is 0 Å². The molecule has 1 aromatic heterocycles. The van der Waals surface area contributed by atoms with E-state index in [0.29, 0.717) is 32.2 Å². The van der Waals surface area contributed by atoms with Crippen molar-refractivity contribution in [2.24, 2.45) is 0 Å². The lowest BCUT2D eigenvalue weighted by atomic mass is 10.1. The molecular weight excluding hydrogens is 546 g/mol. The van der Waals surface area contributed by atoms with Crippen LogP contribution in [0.1, 0.15) is 104 Å². The first-order valence-corrected chi connectivity index (χ1v) is 15.0. The van der Waals surface area contributed by atoms with Gasteiger partial charge in [0.15, 0.2) is 11.4 Å². The Morgan fingerprint density at radius 1 is 0.976 bits per heavy atom. The zero-order valence-corrected chi connectivity index (χ0v) is 24.8. The number of hydrogen-bond acceptors (Lipinski definition) is 6. The molecule has 11 heteroatoms. The zero-order valence-electron chi connectivity index (χ0n) is 24.8. The Morgan fingerprint density at radius 3 is 2.29 bits per heavy atom. The molecule has 0 spiro atoms.